The summed E-state index contributed by atoms with van der Waals surface area (Å²) in [7, 11) is 0. The molecule has 0 aliphatic rings. The van der Waals surface area contributed by atoms with Gasteiger partial charge in [-0.25, -0.2) is 4.98 Å². The van der Waals surface area contributed by atoms with Gasteiger partial charge in [-0.3, -0.25) is 4.68 Å². The van der Waals surface area contributed by atoms with Crippen LogP contribution in [0.4, 0.5) is 5.82 Å². The molecule has 0 aliphatic carbocycles. The predicted molar refractivity (Wildman–Crippen MR) is 64.0 cm³/mol. The van der Waals surface area contributed by atoms with E-state index in [0.717, 1.165) is 19.4 Å². The van der Waals surface area contributed by atoms with Gasteiger partial charge in [0.2, 0.25) is 0 Å². The van der Waals surface area contributed by atoms with Crippen LogP contribution in [0.25, 0.3) is 0 Å². The molecule has 4 nitrogen and oxygen atoms in total. The van der Waals surface area contributed by atoms with Gasteiger partial charge < -0.3 is 5.73 Å². The zero-order valence-corrected chi connectivity index (χ0v) is 9.43. The Labute approximate surface area is 95.1 Å². The molecule has 0 aliphatic heterocycles. The molecule has 2 heterocycles. The van der Waals surface area contributed by atoms with Crippen molar-refractivity contribution >= 4 is 5.82 Å². The maximum atomic E-state index is 5.63. The lowest BCUT2D eigenvalue weighted by Crippen LogP contribution is -1.96. The van der Waals surface area contributed by atoms with Gasteiger partial charge >= 0.3 is 0 Å². The maximum absolute atomic E-state index is 5.63. The summed E-state index contributed by atoms with van der Waals surface area (Å²) in [6.45, 7) is 3.11. The molecular formula is C12H16N4. The van der Waals surface area contributed by atoms with Crippen molar-refractivity contribution in [3.05, 3.63) is 41.9 Å². The van der Waals surface area contributed by atoms with Crippen LogP contribution >= 0.6 is 0 Å². The van der Waals surface area contributed by atoms with Crippen LogP contribution in [0.15, 0.2) is 30.7 Å². The van der Waals surface area contributed by atoms with Crippen LogP contribution in [0.2, 0.25) is 0 Å². The number of hydrogen-bond donors (Lipinski definition) is 1. The molecule has 4 heteroatoms. The number of aromatic nitrogens is 3. The molecule has 0 amide bonds. The highest BCUT2D eigenvalue weighted by molar-refractivity contribution is 5.34. The van der Waals surface area contributed by atoms with E-state index in [2.05, 4.69) is 23.2 Å². The van der Waals surface area contributed by atoms with Crippen molar-refractivity contribution in [2.75, 3.05) is 5.73 Å². The van der Waals surface area contributed by atoms with Crippen LogP contribution in [0.3, 0.4) is 0 Å². The Bertz CT molecular complexity index is 462. The van der Waals surface area contributed by atoms with Crippen molar-refractivity contribution < 1.29 is 0 Å². The van der Waals surface area contributed by atoms with E-state index in [9.17, 15) is 0 Å². The highest BCUT2D eigenvalue weighted by Gasteiger charge is 2.00. The molecule has 0 spiro atoms. The highest BCUT2D eigenvalue weighted by atomic mass is 15.3. The zero-order chi connectivity index (χ0) is 11.4. The van der Waals surface area contributed by atoms with Crippen LogP contribution in [0.1, 0.15) is 24.5 Å². The van der Waals surface area contributed by atoms with Gasteiger partial charge in [0.1, 0.15) is 5.82 Å². The van der Waals surface area contributed by atoms with Gasteiger partial charge in [-0.05, 0) is 29.7 Å². The molecule has 2 aromatic heterocycles. The van der Waals surface area contributed by atoms with Crippen molar-refractivity contribution in [1.82, 2.24) is 14.8 Å². The van der Waals surface area contributed by atoms with Gasteiger partial charge in [0.15, 0.2) is 0 Å². The molecule has 0 bridgehead atoms. The minimum absolute atomic E-state index is 0.568. The summed E-state index contributed by atoms with van der Waals surface area (Å²) in [5, 5.41) is 4.29. The van der Waals surface area contributed by atoms with Crippen molar-refractivity contribution in [1.29, 1.82) is 0 Å². The number of hydrogen-bond acceptors (Lipinski definition) is 3. The van der Waals surface area contributed by atoms with Crippen LogP contribution in [-0.4, -0.2) is 14.8 Å². The number of anilines is 1. The molecule has 84 valence electrons. The van der Waals surface area contributed by atoms with E-state index in [-0.39, 0.29) is 0 Å². The zero-order valence-electron chi connectivity index (χ0n) is 9.43. The fraction of sp³-hybridized carbons (Fsp3) is 0.333. The Hall–Kier alpha value is -1.84. The smallest absolute Gasteiger partial charge is 0.123 e. The number of aryl methyl sites for hydroxylation is 1. The Morgan fingerprint density at radius 1 is 1.38 bits per heavy atom. The van der Waals surface area contributed by atoms with E-state index < -0.39 is 0 Å². The van der Waals surface area contributed by atoms with E-state index in [1.165, 1.54) is 11.1 Å². The third kappa shape index (κ3) is 2.59. The van der Waals surface area contributed by atoms with Crippen molar-refractivity contribution in [3.63, 3.8) is 0 Å². The molecule has 2 rings (SSSR count). The van der Waals surface area contributed by atoms with Crippen molar-refractivity contribution in [2.45, 2.75) is 26.3 Å². The topological polar surface area (TPSA) is 56.7 Å². The summed E-state index contributed by atoms with van der Waals surface area (Å²) in [5.41, 5.74) is 8.01. The second-order valence-corrected chi connectivity index (χ2v) is 3.88. The molecule has 2 aromatic rings. The first-order valence-corrected chi connectivity index (χ1v) is 5.49. The summed E-state index contributed by atoms with van der Waals surface area (Å²) in [4.78, 5) is 3.97. The van der Waals surface area contributed by atoms with Crippen LogP contribution in [-0.2, 0) is 13.0 Å². The van der Waals surface area contributed by atoms with Crippen LogP contribution in [0, 0.1) is 0 Å². The third-order valence-electron chi connectivity index (χ3n) is 2.39. The molecular weight excluding hydrogens is 200 g/mol. The highest BCUT2D eigenvalue weighted by Crippen LogP contribution is 2.10. The third-order valence-corrected chi connectivity index (χ3v) is 2.39. The number of nitrogens with two attached hydrogens (primary N) is 1. The van der Waals surface area contributed by atoms with E-state index in [4.69, 9.17) is 5.73 Å². The van der Waals surface area contributed by atoms with Gasteiger partial charge in [-0.2, -0.15) is 5.10 Å². The second kappa shape index (κ2) is 4.79. The molecule has 0 fully saturated rings. The summed E-state index contributed by atoms with van der Waals surface area (Å²) in [6, 6.07) is 3.88. The van der Waals surface area contributed by atoms with E-state index in [0.29, 0.717) is 5.82 Å². The van der Waals surface area contributed by atoms with Crippen LogP contribution in [0.5, 0.6) is 0 Å². The number of nitrogen functional groups attached to an aromatic ring is 1. The second-order valence-electron chi connectivity index (χ2n) is 3.88. The van der Waals surface area contributed by atoms with E-state index in [1.54, 1.807) is 6.20 Å². The molecule has 0 atom stereocenters. The Balaban J connectivity index is 2.08. The number of pyridine rings is 1. The number of rotatable bonds is 4. The minimum Gasteiger partial charge on any atom is -0.384 e. The lowest BCUT2D eigenvalue weighted by atomic mass is 10.1. The summed E-state index contributed by atoms with van der Waals surface area (Å²) < 4.78 is 1.97. The average Bonchev–Trinajstić information content (AvgIpc) is 2.66. The fourth-order valence-electron chi connectivity index (χ4n) is 1.69. The average molecular weight is 216 g/mol. The fourth-order valence-corrected chi connectivity index (χ4v) is 1.69. The minimum atomic E-state index is 0.568. The van der Waals surface area contributed by atoms with Crippen LogP contribution < -0.4 is 5.73 Å². The Morgan fingerprint density at radius 3 is 3.00 bits per heavy atom. The standard InChI is InChI=1S/C12H16N4/c1-2-5-16-9-11(8-15-16)6-10-3-4-14-12(13)7-10/h3-4,7-9H,2,5-6H2,1H3,(H2,13,14). The molecule has 16 heavy (non-hydrogen) atoms. The van der Waals surface area contributed by atoms with Gasteiger partial charge in [-0.1, -0.05) is 6.92 Å². The van der Waals surface area contributed by atoms with E-state index >= 15 is 0 Å². The SMILES string of the molecule is CCCn1cc(Cc2ccnc(N)c2)cn1. The van der Waals surface area contributed by atoms with Crippen molar-refractivity contribution in [3.8, 4) is 0 Å². The molecule has 2 N–H and O–H groups in total. The van der Waals surface area contributed by atoms with Gasteiger partial charge in [-0.15, -0.1) is 0 Å². The Kier molecular flexibility index (Phi) is 3.19. The lowest BCUT2D eigenvalue weighted by molar-refractivity contribution is 0.602. The van der Waals surface area contributed by atoms with Gasteiger partial charge in [0.25, 0.3) is 0 Å². The summed E-state index contributed by atoms with van der Waals surface area (Å²) in [5.74, 6) is 0.568. The first kappa shape index (κ1) is 10.7. The lowest BCUT2D eigenvalue weighted by Gasteiger charge is -1.99. The van der Waals surface area contributed by atoms with E-state index in [1.807, 2.05) is 23.0 Å². The van der Waals surface area contributed by atoms with Crippen molar-refractivity contribution in [2.24, 2.45) is 0 Å². The summed E-state index contributed by atoms with van der Waals surface area (Å²) in [6.07, 6.45) is 7.69. The quantitative estimate of drug-likeness (QED) is 0.848. The first-order valence-electron chi connectivity index (χ1n) is 5.49. The molecule has 0 aromatic carbocycles. The maximum Gasteiger partial charge on any atom is 0.123 e. The summed E-state index contributed by atoms with van der Waals surface area (Å²) >= 11 is 0. The largest absolute Gasteiger partial charge is 0.384 e. The normalized spacial score (nSPS) is 10.6. The number of nitrogens with zero attached hydrogens (tertiary/aromatic N) is 3. The van der Waals surface area contributed by atoms with Gasteiger partial charge in [0.05, 0.1) is 6.20 Å². The molecule has 0 saturated carbocycles. The molecule has 0 radical (unpaired) electrons. The molecule has 0 unspecified atom stereocenters. The monoisotopic (exact) mass is 216 g/mol. The first-order chi connectivity index (χ1) is 7.78. The van der Waals surface area contributed by atoms with Gasteiger partial charge in [0, 0.05) is 25.4 Å². The predicted octanol–water partition coefficient (Wildman–Crippen LogP) is 1.86. The molecule has 0 saturated heterocycles. The Morgan fingerprint density at radius 2 is 2.25 bits per heavy atom.